The Hall–Kier alpha value is -4.53. The van der Waals surface area contributed by atoms with Gasteiger partial charge in [-0.1, -0.05) is 30.3 Å². The average molecular weight is 541 g/mol. The molecule has 0 saturated heterocycles. The summed E-state index contributed by atoms with van der Waals surface area (Å²) in [6.07, 6.45) is -4.88. The van der Waals surface area contributed by atoms with E-state index >= 15 is 0 Å². The van der Waals surface area contributed by atoms with Crippen LogP contribution in [0.3, 0.4) is 0 Å². The molecule has 0 bridgehead atoms. The second kappa shape index (κ2) is 14.3. The van der Waals surface area contributed by atoms with Crippen LogP contribution in [0, 0.1) is 10.1 Å². The average Bonchev–Trinajstić information content (AvgIpc) is 2.84. The number of carbonyl (C=O) groups excluding carboxylic acids is 3. The number of non-ortho nitro benzene ring substituents is 1. The van der Waals surface area contributed by atoms with E-state index in [9.17, 15) is 37.7 Å². The van der Waals surface area contributed by atoms with Gasteiger partial charge < -0.3 is 26.8 Å². The minimum atomic E-state index is -5.08. The standard InChI is InChI=1S/C21H25N5O5.C2HF3O2/c1-13(22)19(27)23-14(2)20(28)25-18(12-15-6-4-3-5-7-15)21(29)24-16-8-10-17(11-9-16)26(30)31;3-2(4,5)1(6)7/h3-11,13-14,18H,12,22H2,1-2H3,(H,23,27)(H,24,29)(H,25,28);(H,6,7)/t13-,14-,18-;/m0./s1. The Labute approximate surface area is 214 Å². The molecule has 12 nitrogen and oxygen atoms in total. The van der Waals surface area contributed by atoms with Crippen molar-refractivity contribution in [2.45, 2.75) is 44.6 Å². The molecule has 0 unspecified atom stereocenters. The molecule has 0 spiro atoms. The first-order chi connectivity index (χ1) is 17.6. The zero-order chi connectivity index (χ0) is 29.0. The summed E-state index contributed by atoms with van der Waals surface area (Å²) in [7, 11) is 0. The number of nitrogens with zero attached hydrogens (tertiary/aromatic N) is 1. The minimum Gasteiger partial charge on any atom is -0.475 e. The molecule has 15 heteroatoms. The summed E-state index contributed by atoms with van der Waals surface area (Å²) in [4.78, 5) is 56.3. The van der Waals surface area contributed by atoms with Crippen LogP contribution in [-0.4, -0.2) is 58.0 Å². The first-order valence-electron chi connectivity index (χ1n) is 10.9. The SMILES string of the molecule is C[C@H](N)C(=O)N[C@@H](C)C(=O)N[C@@H](Cc1ccccc1)C(=O)Nc1ccc([N+](=O)[O-])cc1.O=C(O)C(F)(F)F. The fraction of sp³-hybridized carbons (Fsp3) is 0.304. The van der Waals surface area contributed by atoms with Crippen LogP contribution in [0.2, 0.25) is 0 Å². The molecule has 0 heterocycles. The van der Waals surface area contributed by atoms with Crippen molar-refractivity contribution < 1.29 is 42.4 Å². The fourth-order valence-corrected chi connectivity index (χ4v) is 2.66. The van der Waals surface area contributed by atoms with Gasteiger partial charge in [-0.25, -0.2) is 4.79 Å². The number of benzene rings is 2. The molecule has 206 valence electrons. The molecule has 0 fully saturated rings. The molecule has 6 N–H and O–H groups in total. The topological polar surface area (TPSA) is 194 Å². The second-order valence-corrected chi connectivity index (χ2v) is 7.87. The van der Waals surface area contributed by atoms with Crippen LogP contribution >= 0.6 is 0 Å². The Kier molecular flexibility index (Phi) is 11.8. The number of nitro groups is 1. The van der Waals surface area contributed by atoms with Crippen LogP contribution in [0.25, 0.3) is 0 Å². The zero-order valence-electron chi connectivity index (χ0n) is 20.2. The highest BCUT2D eigenvalue weighted by Crippen LogP contribution is 2.16. The number of carboxylic acid groups (broad SMARTS) is 1. The van der Waals surface area contributed by atoms with Crippen molar-refractivity contribution in [3.05, 3.63) is 70.3 Å². The Morgan fingerprint density at radius 3 is 1.92 bits per heavy atom. The number of nitro benzene ring substituents is 1. The maximum atomic E-state index is 12.9. The van der Waals surface area contributed by atoms with Crippen molar-refractivity contribution in [3.63, 3.8) is 0 Å². The molecule has 0 aliphatic rings. The molecule has 0 saturated carbocycles. The van der Waals surface area contributed by atoms with Gasteiger partial charge in [0.15, 0.2) is 0 Å². The third kappa shape index (κ3) is 11.0. The van der Waals surface area contributed by atoms with Crippen LogP contribution in [0.5, 0.6) is 0 Å². The number of hydrogen-bond donors (Lipinski definition) is 5. The Morgan fingerprint density at radius 1 is 0.947 bits per heavy atom. The lowest BCUT2D eigenvalue weighted by atomic mass is 10.0. The Bertz CT molecular complexity index is 1130. The molecule has 3 atom stereocenters. The van der Waals surface area contributed by atoms with Crippen molar-refractivity contribution in [1.29, 1.82) is 0 Å². The molecule has 2 rings (SSSR count). The molecule has 3 amide bonds. The third-order valence-corrected chi connectivity index (χ3v) is 4.67. The molecular weight excluding hydrogens is 515 g/mol. The van der Waals surface area contributed by atoms with E-state index in [1.165, 1.54) is 38.1 Å². The summed E-state index contributed by atoms with van der Waals surface area (Å²) in [6, 6.07) is 11.8. The van der Waals surface area contributed by atoms with Gasteiger partial charge in [0.05, 0.1) is 11.0 Å². The van der Waals surface area contributed by atoms with Crippen LogP contribution in [0.15, 0.2) is 54.6 Å². The number of carbonyl (C=O) groups is 4. The molecule has 0 aliphatic carbocycles. The smallest absolute Gasteiger partial charge is 0.475 e. The molecular formula is C23H26F3N5O7. The number of nitrogens with two attached hydrogens (primary N) is 1. The van der Waals surface area contributed by atoms with Crippen molar-refractivity contribution in [2.24, 2.45) is 5.73 Å². The Balaban J connectivity index is 0.000000905. The monoisotopic (exact) mass is 541 g/mol. The second-order valence-electron chi connectivity index (χ2n) is 7.87. The summed E-state index contributed by atoms with van der Waals surface area (Å²) in [5, 5.41) is 25.7. The van der Waals surface area contributed by atoms with Gasteiger partial charge in [-0.3, -0.25) is 24.5 Å². The molecule has 0 aliphatic heterocycles. The lowest BCUT2D eigenvalue weighted by molar-refractivity contribution is -0.384. The number of anilines is 1. The number of alkyl halides is 3. The number of amides is 3. The third-order valence-electron chi connectivity index (χ3n) is 4.67. The maximum Gasteiger partial charge on any atom is 0.490 e. The van der Waals surface area contributed by atoms with Crippen LogP contribution in [-0.2, 0) is 25.6 Å². The Morgan fingerprint density at radius 2 is 1.47 bits per heavy atom. The van der Waals surface area contributed by atoms with Gasteiger partial charge in [0.25, 0.3) is 5.69 Å². The van der Waals surface area contributed by atoms with Gasteiger partial charge in [-0.15, -0.1) is 0 Å². The molecule has 2 aromatic carbocycles. The van der Waals surface area contributed by atoms with E-state index in [2.05, 4.69) is 16.0 Å². The normalized spacial score (nSPS) is 13.0. The lowest BCUT2D eigenvalue weighted by Gasteiger charge is -2.22. The van der Waals surface area contributed by atoms with E-state index < -0.39 is 52.9 Å². The highest BCUT2D eigenvalue weighted by atomic mass is 19.4. The van der Waals surface area contributed by atoms with Gasteiger partial charge in [0.2, 0.25) is 17.7 Å². The van der Waals surface area contributed by atoms with Crippen molar-refractivity contribution in [1.82, 2.24) is 10.6 Å². The summed E-state index contributed by atoms with van der Waals surface area (Å²) >= 11 is 0. The summed E-state index contributed by atoms with van der Waals surface area (Å²) < 4.78 is 31.7. The van der Waals surface area contributed by atoms with E-state index in [1.54, 1.807) is 0 Å². The van der Waals surface area contributed by atoms with E-state index in [0.717, 1.165) is 5.56 Å². The van der Waals surface area contributed by atoms with Crippen LogP contribution in [0.4, 0.5) is 24.5 Å². The fourth-order valence-electron chi connectivity index (χ4n) is 2.66. The van der Waals surface area contributed by atoms with Gasteiger partial charge in [0, 0.05) is 24.2 Å². The number of carboxylic acids is 1. The van der Waals surface area contributed by atoms with E-state index in [0.29, 0.717) is 5.69 Å². The first kappa shape index (κ1) is 31.5. The molecule has 38 heavy (non-hydrogen) atoms. The lowest BCUT2D eigenvalue weighted by Crippen LogP contribution is -2.54. The van der Waals surface area contributed by atoms with Gasteiger partial charge in [-0.05, 0) is 31.5 Å². The van der Waals surface area contributed by atoms with E-state index in [4.69, 9.17) is 15.6 Å². The summed E-state index contributed by atoms with van der Waals surface area (Å²) in [6.45, 7) is 2.99. The highest BCUT2D eigenvalue weighted by Gasteiger charge is 2.38. The molecule has 0 radical (unpaired) electrons. The van der Waals surface area contributed by atoms with Crippen molar-refractivity contribution in [2.75, 3.05) is 5.32 Å². The van der Waals surface area contributed by atoms with Crippen LogP contribution < -0.4 is 21.7 Å². The summed E-state index contributed by atoms with van der Waals surface area (Å²) in [5.41, 5.74) is 6.56. The largest absolute Gasteiger partial charge is 0.490 e. The number of rotatable bonds is 9. The van der Waals surface area contributed by atoms with Gasteiger partial charge >= 0.3 is 12.1 Å². The van der Waals surface area contributed by atoms with Crippen molar-refractivity contribution >= 4 is 35.1 Å². The number of nitrogens with one attached hydrogen (secondary N) is 3. The first-order valence-corrected chi connectivity index (χ1v) is 10.9. The maximum absolute atomic E-state index is 12.9. The predicted octanol–water partition coefficient (Wildman–Crippen LogP) is 1.75. The molecule has 0 aromatic heterocycles. The zero-order valence-corrected chi connectivity index (χ0v) is 20.2. The number of aliphatic carboxylic acids is 1. The number of hydrogen-bond acceptors (Lipinski definition) is 7. The van der Waals surface area contributed by atoms with Gasteiger partial charge in [-0.2, -0.15) is 13.2 Å². The highest BCUT2D eigenvalue weighted by molar-refractivity contribution is 5.98. The number of halogens is 3. The minimum absolute atomic E-state index is 0.106. The van der Waals surface area contributed by atoms with Gasteiger partial charge in [0.1, 0.15) is 12.1 Å². The molecule has 2 aromatic rings. The van der Waals surface area contributed by atoms with Crippen LogP contribution in [0.1, 0.15) is 19.4 Å². The quantitative estimate of drug-likeness (QED) is 0.234. The summed E-state index contributed by atoms with van der Waals surface area (Å²) in [5.74, 6) is -4.30. The van der Waals surface area contributed by atoms with E-state index in [-0.39, 0.29) is 12.1 Å². The van der Waals surface area contributed by atoms with E-state index in [1.807, 2.05) is 30.3 Å². The predicted molar refractivity (Wildman–Crippen MR) is 129 cm³/mol. The van der Waals surface area contributed by atoms with Crippen molar-refractivity contribution in [3.8, 4) is 0 Å².